The van der Waals surface area contributed by atoms with Crippen LogP contribution < -0.4 is 10.6 Å². The summed E-state index contributed by atoms with van der Waals surface area (Å²) in [7, 11) is 2.55. The van der Waals surface area contributed by atoms with Crippen molar-refractivity contribution in [1.82, 2.24) is 40.4 Å². The first-order chi connectivity index (χ1) is 24.9. The van der Waals surface area contributed by atoms with E-state index in [1.165, 1.54) is 14.2 Å². The molecule has 14 nitrogen and oxygen atoms in total. The fraction of sp³-hybridized carbons (Fsp3) is 0.514. The summed E-state index contributed by atoms with van der Waals surface area (Å²) in [6.45, 7) is 10.4. The number of likely N-dealkylation sites (tertiary alicyclic amines) is 1. The van der Waals surface area contributed by atoms with Crippen molar-refractivity contribution in [2.45, 2.75) is 71.6 Å². The van der Waals surface area contributed by atoms with Gasteiger partial charge in [0.05, 0.1) is 44.4 Å². The number of rotatable bonds is 13. The number of imidazole rings is 2. The van der Waals surface area contributed by atoms with Gasteiger partial charge in [0.1, 0.15) is 29.4 Å². The van der Waals surface area contributed by atoms with E-state index >= 15 is 0 Å². The molecule has 0 bridgehead atoms. The van der Waals surface area contributed by atoms with Gasteiger partial charge < -0.3 is 39.9 Å². The lowest BCUT2D eigenvalue weighted by Gasteiger charge is -2.33. The second kappa shape index (κ2) is 18.5. The summed E-state index contributed by atoms with van der Waals surface area (Å²) in [5.41, 5.74) is 3.14. The van der Waals surface area contributed by atoms with Gasteiger partial charge in [-0.2, -0.15) is 11.8 Å². The first-order valence-corrected chi connectivity index (χ1v) is 18.8. The minimum atomic E-state index is -0.747. The Hall–Kier alpha value is -4.97. The number of nitrogens with one attached hydrogen (secondary N) is 4. The van der Waals surface area contributed by atoms with E-state index in [4.69, 9.17) is 9.47 Å². The van der Waals surface area contributed by atoms with Gasteiger partial charge in [0.15, 0.2) is 0 Å². The van der Waals surface area contributed by atoms with E-state index in [2.05, 4.69) is 42.4 Å². The predicted molar refractivity (Wildman–Crippen MR) is 199 cm³/mol. The van der Waals surface area contributed by atoms with E-state index in [9.17, 15) is 19.2 Å². The van der Waals surface area contributed by atoms with Crippen LogP contribution >= 0.6 is 11.8 Å². The number of amides is 4. The fourth-order valence-corrected chi connectivity index (χ4v) is 6.82. The van der Waals surface area contributed by atoms with Crippen LogP contribution in [0.2, 0.25) is 0 Å². The number of carbonyl (C=O) groups excluding carboxylic acids is 4. The molecule has 3 aromatic rings. The minimum Gasteiger partial charge on any atom is -0.453 e. The van der Waals surface area contributed by atoms with Crippen molar-refractivity contribution in [3.8, 4) is 23.1 Å². The molecule has 1 saturated heterocycles. The molecular formula is C37H50N8O6S. The van der Waals surface area contributed by atoms with Gasteiger partial charge in [-0.3, -0.25) is 9.59 Å². The average Bonchev–Trinajstić information content (AvgIpc) is 3.93. The zero-order chi connectivity index (χ0) is 37.9. The third-order valence-electron chi connectivity index (χ3n) is 9.00. The number of aromatic amines is 2. The number of H-pyrrole nitrogens is 2. The van der Waals surface area contributed by atoms with Crippen LogP contribution in [0.25, 0.3) is 11.3 Å². The summed E-state index contributed by atoms with van der Waals surface area (Å²) >= 11 is 1.59. The number of aromatic nitrogens is 4. The number of hydrogen-bond acceptors (Lipinski definition) is 9. The first kappa shape index (κ1) is 39.8. The third kappa shape index (κ3) is 9.67. The maximum atomic E-state index is 13.6. The van der Waals surface area contributed by atoms with E-state index in [0.29, 0.717) is 36.2 Å². The SMILES string of the molecule is CCN(C(=O)C(NC(=O)OC)C(C)C)[C@@H](CSC)c1ncc(C#Cc2ccc(-c3cnc([C@@H]4CCCN4C(=O)[C@@H](NC(=O)OC)C(C)C)[nH]3)cc2)[nH]1. The van der Waals surface area contributed by atoms with E-state index in [1.54, 1.807) is 34.0 Å². The normalized spacial score (nSPS) is 15.7. The van der Waals surface area contributed by atoms with Gasteiger partial charge >= 0.3 is 12.2 Å². The molecule has 1 aromatic carbocycles. The molecule has 3 heterocycles. The lowest BCUT2D eigenvalue weighted by atomic mass is 10.0. The smallest absolute Gasteiger partial charge is 0.407 e. The molecule has 4 rings (SSSR count). The van der Waals surface area contributed by atoms with E-state index < -0.39 is 24.3 Å². The Morgan fingerprint density at radius 1 is 0.962 bits per heavy atom. The second-order valence-corrected chi connectivity index (χ2v) is 14.1. The molecule has 0 spiro atoms. The maximum Gasteiger partial charge on any atom is 0.407 e. The summed E-state index contributed by atoms with van der Waals surface area (Å²) < 4.78 is 9.49. The highest BCUT2D eigenvalue weighted by Crippen LogP contribution is 2.33. The molecule has 4 N–H and O–H groups in total. The van der Waals surface area contributed by atoms with Gasteiger partial charge in [0.25, 0.3) is 0 Å². The van der Waals surface area contributed by atoms with Crippen molar-refractivity contribution in [2.24, 2.45) is 11.8 Å². The molecule has 52 heavy (non-hydrogen) atoms. The van der Waals surface area contributed by atoms with Gasteiger partial charge in [0.2, 0.25) is 11.8 Å². The maximum absolute atomic E-state index is 13.6. The monoisotopic (exact) mass is 734 g/mol. The van der Waals surface area contributed by atoms with Crippen LogP contribution in [0.15, 0.2) is 36.7 Å². The fourth-order valence-electron chi connectivity index (χ4n) is 6.17. The Morgan fingerprint density at radius 2 is 1.62 bits per heavy atom. The van der Waals surface area contributed by atoms with Gasteiger partial charge in [-0.05, 0) is 61.5 Å². The lowest BCUT2D eigenvalue weighted by Crippen LogP contribution is -2.52. The summed E-state index contributed by atoms with van der Waals surface area (Å²) in [4.78, 5) is 70.4. The highest BCUT2D eigenvalue weighted by molar-refractivity contribution is 7.98. The van der Waals surface area contributed by atoms with E-state index in [0.717, 1.165) is 29.7 Å². The zero-order valence-corrected chi connectivity index (χ0v) is 31.9. The Kier molecular flexibility index (Phi) is 14.2. The van der Waals surface area contributed by atoms with Crippen molar-refractivity contribution < 1.29 is 28.7 Å². The molecule has 1 aliphatic rings. The molecule has 0 saturated carbocycles. The molecule has 0 aliphatic carbocycles. The molecule has 1 unspecified atom stereocenters. The molecule has 1 fully saturated rings. The lowest BCUT2D eigenvalue weighted by molar-refractivity contribution is -0.136. The topological polar surface area (TPSA) is 175 Å². The summed E-state index contributed by atoms with van der Waals surface area (Å²) in [6, 6.07) is 5.73. The minimum absolute atomic E-state index is 0.114. The molecule has 15 heteroatoms. The summed E-state index contributed by atoms with van der Waals surface area (Å²) in [6.07, 6.45) is 5.70. The van der Waals surface area contributed by atoms with Gasteiger partial charge in [-0.25, -0.2) is 19.6 Å². The number of likely N-dealkylation sites (N-methyl/N-ethyl adjacent to an activating group) is 1. The largest absolute Gasteiger partial charge is 0.453 e. The zero-order valence-electron chi connectivity index (χ0n) is 31.1. The Bertz CT molecular complexity index is 1740. The third-order valence-corrected chi connectivity index (χ3v) is 9.65. The van der Waals surface area contributed by atoms with Crippen molar-refractivity contribution in [3.63, 3.8) is 0 Å². The quantitative estimate of drug-likeness (QED) is 0.179. The average molecular weight is 735 g/mol. The summed E-state index contributed by atoms with van der Waals surface area (Å²) in [5, 5.41) is 5.35. The van der Waals surface area contributed by atoms with Crippen LogP contribution in [0.4, 0.5) is 9.59 Å². The first-order valence-electron chi connectivity index (χ1n) is 17.4. The number of benzene rings is 1. The van der Waals surface area contributed by atoms with Crippen LogP contribution in [0, 0.1) is 23.7 Å². The molecule has 4 amide bonds. The van der Waals surface area contributed by atoms with Gasteiger partial charge in [-0.15, -0.1) is 0 Å². The van der Waals surface area contributed by atoms with Crippen molar-refractivity contribution in [3.05, 3.63) is 59.6 Å². The van der Waals surface area contributed by atoms with Crippen LogP contribution in [0.5, 0.6) is 0 Å². The molecule has 0 radical (unpaired) electrons. The highest BCUT2D eigenvalue weighted by atomic mass is 32.2. The molecule has 1 aliphatic heterocycles. The van der Waals surface area contributed by atoms with Crippen LogP contribution in [0.3, 0.4) is 0 Å². The Morgan fingerprint density at radius 3 is 2.21 bits per heavy atom. The predicted octanol–water partition coefficient (Wildman–Crippen LogP) is 4.88. The number of alkyl carbamates (subject to hydrolysis) is 2. The van der Waals surface area contributed by atoms with Crippen molar-refractivity contribution >= 4 is 35.8 Å². The molecule has 280 valence electrons. The standard InChI is InChI=1S/C37H50N8O6S/c1-9-44(34(46)30(22(2)3)42-36(48)50-6)29(21-52-8)33-38-19-26(40-33)17-14-24-12-15-25(16-13-24)27-20-39-32(41-27)28-11-10-18-45(28)35(47)31(23(4)5)43-37(49)51-7/h12-13,15-16,19-20,22-23,28-31H,9-11,18,21H2,1-8H3,(H,38,40)(H,39,41)(H,42,48)(H,43,49)/t28-,29-,30?,31-/m0/s1. The van der Waals surface area contributed by atoms with Crippen molar-refractivity contribution in [2.75, 3.05) is 39.3 Å². The Balaban J connectivity index is 1.46. The van der Waals surface area contributed by atoms with Crippen LogP contribution in [0.1, 0.15) is 82.5 Å². The number of nitrogens with zero attached hydrogens (tertiary/aromatic N) is 4. The van der Waals surface area contributed by atoms with Crippen molar-refractivity contribution in [1.29, 1.82) is 0 Å². The van der Waals surface area contributed by atoms with Gasteiger partial charge in [-0.1, -0.05) is 45.7 Å². The number of methoxy groups -OCH3 is 2. The van der Waals surface area contributed by atoms with Crippen LogP contribution in [-0.2, 0) is 19.1 Å². The Labute approximate surface area is 309 Å². The second-order valence-electron chi connectivity index (χ2n) is 13.2. The number of ether oxygens (including phenoxy) is 2. The molecule has 2 aromatic heterocycles. The highest BCUT2D eigenvalue weighted by Gasteiger charge is 2.38. The molecular weight excluding hydrogens is 685 g/mol. The number of carbonyl (C=O) groups is 4. The van der Waals surface area contributed by atoms with Crippen LogP contribution in [-0.4, -0.2) is 105 Å². The van der Waals surface area contributed by atoms with Gasteiger partial charge in [0, 0.05) is 24.4 Å². The summed E-state index contributed by atoms with van der Waals surface area (Å²) in [5.74, 6) is 7.60. The van der Waals surface area contributed by atoms with E-state index in [1.807, 2.05) is 65.1 Å². The van der Waals surface area contributed by atoms with E-state index in [-0.39, 0.29) is 35.7 Å². The number of thioether (sulfide) groups is 1. The number of hydrogen-bond donors (Lipinski definition) is 4. The molecule has 4 atom stereocenters.